The lowest BCUT2D eigenvalue weighted by Crippen LogP contribution is -2.44. The Morgan fingerprint density at radius 1 is 1.21 bits per heavy atom. The third kappa shape index (κ3) is 5.32. The molecule has 33 heavy (non-hydrogen) atoms. The summed E-state index contributed by atoms with van der Waals surface area (Å²) in [7, 11) is 1.72. The first-order valence-electron chi connectivity index (χ1n) is 11.1. The fraction of sp³-hybridized carbons (Fsp3) is 0.480. The smallest absolute Gasteiger partial charge is 0.442 e. The van der Waals surface area contributed by atoms with Crippen molar-refractivity contribution in [2.75, 3.05) is 0 Å². The SMILES string of the molecule is Cc1nccc2c1c(=O)n(C)c1cc(ON(C(=O)OC(C)(C)C)[C@H](C)CC(C)C)c(Br)cc21. The largest absolute Gasteiger partial charge is 0.443 e. The van der Waals surface area contributed by atoms with Gasteiger partial charge in [0.25, 0.3) is 5.56 Å². The zero-order valence-corrected chi connectivity index (χ0v) is 22.1. The first-order chi connectivity index (χ1) is 15.3. The van der Waals surface area contributed by atoms with Crippen molar-refractivity contribution in [3.05, 3.63) is 44.9 Å². The van der Waals surface area contributed by atoms with Gasteiger partial charge in [-0.25, -0.2) is 4.79 Å². The normalized spacial score (nSPS) is 12.9. The Kier molecular flexibility index (Phi) is 7.07. The predicted octanol–water partition coefficient (Wildman–Crippen LogP) is 6.12. The minimum Gasteiger partial charge on any atom is -0.442 e. The number of aromatic nitrogens is 2. The topological polar surface area (TPSA) is 73.7 Å². The number of carbonyl (C=O) groups excluding carboxylic acids is 1. The maximum absolute atomic E-state index is 13.1. The van der Waals surface area contributed by atoms with Crippen molar-refractivity contribution < 1.29 is 14.4 Å². The summed E-state index contributed by atoms with van der Waals surface area (Å²) >= 11 is 3.60. The highest BCUT2D eigenvalue weighted by molar-refractivity contribution is 9.10. The number of hydroxylamine groups is 2. The summed E-state index contributed by atoms with van der Waals surface area (Å²) in [6, 6.07) is 5.30. The molecule has 3 rings (SSSR count). The van der Waals surface area contributed by atoms with Gasteiger partial charge in [-0.2, -0.15) is 0 Å². The summed E-state index contributed by atoms with van der Waals surface area (Å²) in [6.45, 7) is 13.4. The number of pyridine rings is 2. The Morgan fingerprint density at radius 3 is 2.48 bits per heavy atom. The van der Waals surface area contributed by atoms with E-state index >= 15 is 0 Å². The lowest BCUT2D eigenvalue weighted by Gasteiger charge is -2.31. The van der Waals surface area contributed by atoms with E-state index < -0.39 is 11.7 Å². The first kappa shape index (κ1) is 25.0. The zero-order chi connectivity index (χ0) is 24.7. The molecule has 0 aliphatic carbocycles. The van der Waals surface area contributed by atoms with Gasteiger partial charge in [-0.1, -0.05) is 13.8 Å². The monoisotopic (exact) mass is 517 g/mol. The molecule has 0 saturated heterocycles. The van der Waals surface area contributed by atoms with Crippen LogP contribution in [0.15, 0.2) is 33.7 Å². The molecule has 1 aromatic carbocycles. The average molecular weight is 518 g/mol. The van der Waals surface area contributed by atoms with Crippen LogP contribution in [-0.4, -0.2) is 32.4 Å². The van der Waals surface area contributed by atoms with E-state index in [0.29, 0.717) is 32.7 Å². The molecule has 0 radical (unpaired) electrons. The lowest BCUT2D eigenvalue weighted by atomic mass is 10.1. The molecule has 3 aromatic rings. The van der Waals surface area contributed by atoms with Crippen molar-refractivity contribution in [3.8, 4) is 5.75 Å². The van der Waals surface area contributed by atoms with Crippen LogP contribution in [0.5, 0.6) is 5.75 Å². The van der Waals surface area contributed by atoms with Crippen molar-refractivity contribution in [2.45, 2.75) is 66.5 Å². The molecule has 7 nitrogen and oxygen atoms in total. The molecule has 8 heteroatoms. The van der Waals surface area contributed by atoms with Crippen LogP contribution < -0.4 is 10.4 Å². The van der Waals surface area contributed by atoms with Gasteiger partial charge in [-0.15, -0.1) is 5.06 Å². The Bertz CT molecular complexity index is 1260. The molecule has 2 heterocycles. The number of hydrogen-bond acceptors (Lipinski definition) is 5. The molecular formula is C25H32BrN3O4. The van der Waals surface area contributed by atoms with E-state index in [1.165, 1.54) is 5.06 Å². The minimum atomic E-state index is -0.661. The summed E-state index contributed by atoms with van der Waals surface area (Å²) in [4.78, 5) is 36.5. The van der Waals surface area contributed by atoms with Gasteiger partial charge in [-0.05, 0) is 80.4 Å². The van der Waals surface area contributed by atoms with Crippen molar-refractivity contribution in [1.82, 2.24) is 14.6 Å². The van der Waals surface area contributed by atoms with E-state index in [2.05, 4.69) is 34.8 Å². The first-order valence-corrected chi connectivity index (χ1v) is 11.9. The number of nitrogens with zero attached hydrogens (tertiary/aromatic N) is 3. The van der Waals surface area contributed by atoms with E-state index in [1.54, 1.807) is 23.9 Å². The number of hydrogen-bond donors (Lipinski definition) is 0. The van der Waals surface area contributed by atoms with Crippen LogP contribution in [0.25, 0.3) is 21.7 Å². The van der Waals surface area contributed by atoms with Gasteiger partial charge >= 0.3 is 6.09 Å². The molecule has 2 aromatic heterocycles. The second-order valence-corrected chi connectivity index (χ2v) is 10.7. The van der Waals surface area contributed by atoms with Gasteiger partial charge in [0.15, 0.2) is 5.75 Å². The average Bonchev–Trinajstić information content (AvgIpc) is 2.68. The fourth-order valence-electron chi connectivity index (χ4n) is 3.94. The molecule has 178 valence electrons. The van der Waals surface area contributed by atoms with E-state index in [-0.39, 0.29) is 11.6 Å². The highest BCUT2D eigenvalue weighted by atomic mass is 79.9. The number of ether oxygens (including phenoxy) is 1. The molecule has 0 fully saturated rings. The van der Waals surface area contributed by atoms with Crippen LogP contribution in [-0.2, 0) is 11.8 Å². The molecule has 0 spiro atoms. The molecule has 0 aliphatic rings. The number of aryl methyl sites for hydroxylation is 2. The number of amides is 1. The van der Waals surface area contributed by atoms with Crippen molar-refractivity contribution in [2.24, 2.45) is 13.0 Å². The highest BCUT2D eigenvalue weighted by Crippen LogP contribution is 2.34. The van der Waals surface area contributed by atoms with Gasteiger partial charge in [-0.3, -0.25) is 9.78 Å². The van der Waals surface area contributed by atoms with Crippen LogP contribution in [0.1, 0.15) is 53.7 Å². The number of halogens is 1. The maximum atomic E-state index is 13.1. The van der Waals surface area contributed by atoms with Gasteiger partial charge in [0.1, 0.15) is 5.60 Å². The number of rotatable bonds is 5. The van der Waals surface area contributed by atoms with Crippen molar-refractivity contribution in [3.63, 3.8) is 0 Å². The van der Waals surface area contributed by atoms with E-state index in [4.69, 9.17) is 9.57 Å². The van der Waals surface area contributed by atoms with Crippen LogP contribution in [0, 0.1) is 12.8 Å². The standard InChI is InChI=1S/C25H32BrN3O4/c1-14(2)11-15(3)29(24(31)32-25(5,6)7)33-21-13-20-18(12-19(21)26)17-9-10-27-16(4)22(17)23(30)28(20)8/h9-10,12-15H,11H2,1-8H3/t15-/m1/s1. The predicted molar refractivity (Wildman–Crippen MR) is 135 cm³/mol. The molecule has 0 aliphatic heterocycles. The molecule has 0 N–H and O–H groups in total. The van der Waals surface area contributed by atoms with Gasteiger partial charge in [0.05, 0.1) is 27.1 Å². The van der Waals surface area contributed by atoms with Gasteiger partial charge < -0.3 is 14.1 Å². The number of fused-ring (bicyclic) bond motifs is 3. The molecule has 0 bridgehead atoms. The summed E-state index contributed by atoms with van der Waals surface area (Å²) in [5, 5.41) is 3.58. The van der Waals surface area contributed by atoms with Crippen LogP contribution >= 0.6 is 15.9 Å². The minimum absolute atomic E-state index is 0.131. The quantitative estimate of drug-likeness (QED) is 0.301. The van der Waals surface area contributed by atoms with Crippen LogP contribution in [0.2, 0.25) is 0 Å². The highest BCUT2D eigenvalue weighted by Gasteiger charge is 2.29. The summed E-state index contributed by atoms with van der Waals surface area (Å²) < 4.78 is 7.85. The Balaban J connectivity index is 2.13. The second kappa shape index (κ2) is 9.33. The van der Waals surface area contributed by atoms with Crippen LogP contribution in [0.3, 0.4) is 0 Å². The van der Waals surface area contributed by atoms with Gasteiger partial charge in [0, 0.05) is 24.7 Å². The number of carbonyl (C=O) groups is 1. The summed E-state index contributed by atoms with van der Waals surface area (Å²) in [5.41, 5.74) is 0.585. The number of benzene rings is 1. The molecule has 1 amide bonds. The summed E-state index contributed by atoms with van der Waals surface area (Å²) in [5.74, 6) is 0.779. The molecule has 0 saturated carbocycles. The second-order valence-electron chi connectivity index (χ2n) is 9.86. The Labute approximate surface area is 202 Å². The third-order valence-corrected chi connectivity index (χ3v) is 5.96. The van der Waals surface area contributed by atoms with Crippen LogP contribution in [0.4, 0.5) is 4.79 Å². The third-order valence-electron chi connectivity index (χ3n) is 5.34. The van der Waals surface area contributed by atoms with E-state index in [1.807, 2.05) is 46.8 Å². The van der Waals surface area contributed by atoms with Crippen molar-refractivity contribution in [1.29, 1.82) is 0 Å². The lowest BCUT2D eigenvalue weighted by molar-refractivity contribution is -0.0970. The molecule has 1 atom stereocenters. The molecular weight excluding hydrogens is 486 g/mol. The zero-order valence-electron chi connectivity index (χ0n) is 20.5. The summed E-state index contributed by atoms with van der Waals surface area (Å²) in [6.07, 6.45) is 1.88. The fourth-order valence-corrected chi connectivity index (χ4v) is 4.36. The molecule has 0 unspecified atom stereocenters. The Hall–Kier alpha value is -2.61. The van der Waals surface area contributed by atoms with E-state index in [0.717, 1.165) is 17.2 Å². The van der Waals surface area contributed by atoms with E-state index in [9.17, 15) is 9.59 Å². The maximum Gasteiger partial charge on any atom is 0.443 e. The van der Waals surface area contributed by atoms with Gasteiger partial charge in [0.2, 0.25) is 0 Å². The van der Waals surface area contributed by atoms with Crippen molar-refractivity contribution >= 4 is 43.7 Å². The Morgan fingerprint density at radius 2 is 1.88 bits per heavy atom.